The molecule has 6 nitrogen and oxygen atoms in total. The van der Waals surface area contributed by atoms with Crippen molar-refractivity contribution >= 4 is 0 Å². The molecule has 45 heavy (non-hydrogen) atoms. The van der Waals surface area contributed by atoms with Crippen LogP contribution in [0.25, 0.3) is 33.6 Å². The van der Waals surface area contributed by atoms with E-state index in [0.29, 0.717) is 0 Å². The SMILES string of the molecule is CCCc1cc(-c2cc(CN(CC)CCNCc3ccnc(-c4ccc(-c5ccccc5)cc4)c3)ccn2)cc(OC)c1OC. The van der Waals surface area contributed by atoms with Gasteiger partial charge in [0.15, 0.2) is 11.5 Å². The van der Waals surface area contributed by atoms with Crippen molar-refractivity contribution in [2.24, 2.45) is 0 Å². The summed E-state index contributed by atoms with van der Waals surface area (Å²) in [5.41, 5.74) is 10.2. The lowest BCUT2D eigenvalue weighted by Crippen LogP contribution is -2.31. The Morgan fingerprint density at radius 3 is 2.04 bits per heavy atom. The standard InChI is InChI=1S/C39H44N4O2/c1-5-10-34-25-35(26-38(44-3)39(34)45-4)37-24-30(18-20-42-37)28-43(6-2)22-21-40-27-29-17-19-41-36(23-29)33-15-13-32(14-16-33)31-11-8-7-9-12-31/h7-9,11-20,23-26,40H,5-6,10,21-22,27-28H2,1-4H3. The Kier molecular flexibility index (Phi) is 11.3. The fourth-order valence-corrected chi connectivity index (χ4v) is 5.66. The van der Waals surface area contributed by atoms with Crippen molar-refractivity contribution in [3.05, 3.63) is 120 Å². The molecule has 0 saturated carbocycles. The number of aryl methyl sites for hydroxylation is 1. The highest BCUT2D eigenvalue weighted by Crippen LogP contribution is 2.36. The molecule has 1 N–H and O–H groups in total. The first-order valence-corrected chi connectivity index (χ1v) is 15.9. The molecule has 6 heteroatoms. The normalized spacial score (nSPS) is 11.1. The fourth-order valence-electron chi connectivity index (χ4n) is 5.66. The number of nitrogens with zero attached hydrogens (tertiary/aromatic N) is 3. The number of hydrogen-bond donors (Lipinski definition) is 1. The van der Waals surface area contributed by atoms with Crippen LogP contribution in [0.3, 0.4) is 0 Å². The summed E-state index contributed by atoms with van der Waals surface area (Å²) < 4.78 is 11.3. The number of ether oxygens (including phenoxy) is 2. The maximum Gasteiger partial charge on any atom is 0.163 e. The van der Waals surface area contributed by atoms with Gasteiger partial charge in [-0.2, -0.15) is 0 Å². The van der Waals surface area contributed by atoms with Crippen molar-refractivity contribution in [2.45, 2.75) is 39.8 Å². The lowest BCUT2D eigenvalue weighted by atomic mass is 10.0. The van der Waals surface area contributed by atoms with E-state index in [9.17, 15) is 0 Å². The van der Waals surface area contributed by atoms with E-state index in [-0.39, 0.29) is 0 Å². The molecule has 0 bridgehead atoms. The first kappa shape index (κ1) is 31.9. The molecule has 0 saturated heterocycles. The number of aromatic nitrogens is 2. The van der Waals surface area contributed by atoms with Gasteiger partial charge < -0.3 is 14.8 Å². The van der Waals surface area contributed by atoms with Gasteiger partial charge in [0, 0.05) is 49.7 Å². The number of nitrogens with one attached hydrogen (secondary N) is 1. The highest BCUT2D eigenvalue weighted by atomic mass is 16.5. The summed E-state index contributed by atoms with van der Waals surface area (Å²) in [5, 5.41) is 3.63. The predicted molar refractivity (Wildman–Crippen MR) is 185 cm³/mol. The second-order valence-corrected chi connectivity index (χ2v) is 11.2. The summed E-state index contributed by atoms with van der Waals surface area (Å²) in [6, 6.07) is 31.9. The molecule has 2 heterocycles. The molecule has 0 amide bonds. The predicted octanol–water partition coefficient (Wildman–Crippen LogP) is 8.06. The van der Waals surface area contributed by atoms with Gasteiger partial charge in [-0.15, -0.1) is 0 Å². The number of rotatable bonds is 15. The summed E-state index contributed by atoms with van der Waals surface area (Å²) in [4.78, 5) is 11.8. The van der Waals surface area contributed by atoms with Crippen LogP contribution in [0.1, 0.15) is 37.0 Å². The van der Waals surface area contributed by atoms with Gasteiger partial charge in [0.25, 0.3) is 0 Å². The number of benzene rings is 3. The highest BCUT2D eigenvalue weighted by molar-refractivity contribution is 5.69. The quantitative estimate of drug-likeness (QED) is 0.123. The Balaban J connectivity index is 1.17. The Bertz CT molecular complexity index is 1650. The molecule has 2 aromatic heterocycles. The Labute approximate surface area is 268 Å². The molecule has 0 aliphatic heterocycles. The van der Waals surface area contributed by atoms with Gasteiger partial charge in [-0.1, -0.05) is 74.9 Å². The lowest BCUT2D eigenvalue weighted by molar-refractivity contribution is 0.279. The average Bonchev–Trinajstić information content (AvgIpc) is 3.10. The number of pyridine rings is 2. The summed E-state index contributed by atoms with van der Waals surface area (Å²) >= 11 is 0. The molecule has 232 valence electrons. The van der Waals surface area contributed by atoms with Crippen molar-refractivity contribution in [2.75, 3.05) is 33.9 Å². The summed E-state index contributed by atoms with van der Waals surface area (Å²) in [5.74, 6) is 1.55. The van der Waals surface area contributed by atoms with Crippen LogP contribution in [0.4, 0.5) is 0 Å². The average molecular weight is 601 g/mol. The van der Waals surface area contributed by atoms with Crippen LogP contribution >= 0.6 is 0 Å². The third-order valence-electron chi connectivity index (χ3n) is 8.09. The third-order valence-corrected chi connectivity index (χ3v) is 8.09. The second kappa shape index (κ2) is 16.0. The Hall–Kier alpha value is -4.52. The highest BCUT2D eigenvalue weighted by Gasteiger charge is 2.14. The largest absolute Gasteiger partial charge is 0.493 e. The van der Waals surface area contributed by atoms with Crippen LogP contribution in [0.2, 0.25) is 0 Å². The van der Waals surface area contributed by atoms with E-state index in [0.717, 1.165) is 85.1 Å². The Morgan fingerprint density at radius 2 is 1.36 bits per heavy atom. The van der Waals surface area contributed by atoms with E-state index in [1.54, 1.807) is 14.2 Å². The maximum atomic E-state index is 5.66. The van der Waals surface area contributed by atoms with E-state index < -0.39 is 0 Å². The van der Waals surface area contributed by atoms with Crippen molar-refractivity contribution in [1.82, 2.24) is 20.2 Å². The van der Waals surface area contributed by atoms with Crippen LogP contribution in [-0.2, 0) is 19.5 Å². The van der Waals surface area contributed by atoms with Crippen molar-refractivity contribution in [3.63, 3.8) is 0 Å². The van der Waals surface area contributed by atoms with Crippen LogP contribution in [0.5, 0.6) is 11.5 Å². The maximum absolute atomic E-state index is 5.66. The van der Waals surface area contributed by atoms with Crippen LogP contribution in [0.15, 0.2) is 103 Å². The monoisotopic (exact) mass is 600 g/mol. The first-order valence-electron chi connectivity index (χ1n) is 15.9. The molecule has 5 rings (SSSR count). The molecule has 0 radical (unpaired) electrons. The minimum absolute atomic E-state index is 0.745. The molecule has 0 unspecified atom stereocenters. The Morgan fingerprint density at radius 1 is 0.689 bits per heavy atom. The van der Waals surface area contributed by atoms with E-state index >= 15 is 0 Å². The van der Waals surface area contributed by atoms with Crippen LogP contribution < -0.4 is 14.8 Å². The van der Waals surface area contributed by atoms with Gasteiger partial charge in [0.2, 0.25) is 0 Å². The van der Waals surface area contributed by atoms with Crippen molar-refractivity contribution in [3.8, 4) is 45.1 Å². The molecule has 0 aliphatic carbocycles. The second-order valence-electron chi connectivity index (χ2n) is 11.2. The fraction of sp³-hybridized carbons (Fsp3) is 0.282. The van der Waals surface area contributed by atoms with Crippen molar-refractivity contribution < 1.29 is 9.47 Å². The van der Waals surface area contributed by atoms with Crippen molar-refractivity contribution in [1.29, 1.82) is 0 Å². The van der Waals surface area contributed by atoms with E-state index in [2.05, 4.69) is 108 Å². The zero-order valence-corrected chi connectivity index (χ0v) is 26.9. The molecular formula is C39H44N4O2. The molecule has 0 aliphatic rings. The van der Waals surface area contributed by atoms with Gasteiger partial charge in [-0.3, -0.25) is 14.9 Å². The van der Waals surface area contributed by atoms with Gasteiger partial charge in [-0.05, 0) is 77.2 Å². The smallest absolute Gasteiger partial charge is 0.163 e. The topological polar surface area (TPSA) is 59.5 Å². The molecule has 5 aromatic rings. The number of methoxy groups -OCH3 is 2. The molecule has 3 aromatic carbocycles. The molecule has 0 atom stereocenters. The lowest BCUT2D eigenvalue weighted by Gasteiger charge is -2.21. The zero-order chi connectivity index (χ0) is 31.4. The first-order chi connectivity index (χ1) is 22.1. The number of likely N-dealkylation sites (N-methyl/N-ethyl adjacent to an activating group) is 1. The van der Waals surface area contributed by atoms with Crippen LogP contribution in [-0.4, -0.2) is 48.7 Å². The summed E-state index contributed by atoms with van der Waals surface area (Å²) in [7, 11) is 3.39. The van der Waals surface area contributed by atoms with Gasteiger partial charge in [0.05, 0.1) is 25.6 Å². The molecular weight excluding hydrogens is 556 g/mol. The third kappa shape index (κ3) is 8.35. The minimum atomic E-state index is 0.745. The minimum Gasteiger partial charge on any atom is -0.493 e. The molecule has 0 fully saturated rings. The zero-order valence-electron chi connectivity index (χ0n) is 26.9. The van der Waals surface area contributed by atoms with Gasteiger partial charge in [-0.25, -0.2) is 0 Å². The van der Waals surface area contributed by atoms with E-state index in [4.69, 9.17) is 14.5 Å². The number of hydrogen-bond acceptors (Lipinski definition) is 6. The van der Waals surface area contributed by atoms with Gasteiger partial charge >= 0.3 is 0 Å². The van der Waals surface area contributed by atoms with E-state index in [1.807, 2.05) is 24.5 Å². The summed E-state index contributed by atoms with van der Waals surface area (Å²) in [6.07, 6.45) is 5.76. The summed E-state index contributed by atoms with van der Waals surface area (Å²) in [6.45, 7) is 8.86. The van der Waals surface area contributed by atoms with Crippen LogP contribution in [0, 0.1) is 0 Å². The van der Waals surface area contributed by atoms with Gasteiger partial charge in [0.1, 0.15) is 0 Å². The van der Waals surface area contributed by atoms with E-state index in [1.165, 1.54) is 22.3 Å². The molecule has 0 spiro atoms.